The van der Waals surface area contributed by atoms with Crippen LogP contribution in [0, 0.1) is 11.6 Å². The van der Waals surface area contributed by atoms with Crippen molar-refractivity contribution in [2.24, 2.45) is 0 Å². The molecule has 0 aliphatic heterocycles. The van der Waals surface area contributed by atoms with E-state index in [0.29, 0.717) is 17.9 Å². The molecule has 0 spiro atoms. The smallest absolute Gasteiger partial charge is 0.327 e. The normalized spacial score (nSPS) is 14.3. The summed E-state index contributed by atoms with van der Waals surface area (Å²) in [7, 11) is 0. The van der Waals surface area contributed by atoms with E-state index in [-0.39, 0.29) is 11.6 Å². The molecule has 0 saturated heterocycles. The van der Waals surface area contributed by atoms with Crippen LogP contribution in [0.1, 0.15) is 30.0 Å². The first-order valence-electron chi connectivity index (χ1n) is 10.1. The summed E-state index contributed by atoms with van der Waals surface area (Å²) >= 11 is 0. The Morgan fingerprint density at radius 3 is 2.19 bits per heavy atom. The Morgan fingerprint density at radius 2 is 1.53 bits per heavy atom. The second-order valence-electron chi connectivity index (χ2n) is 7.42. The maximum absolute atomic E-state index is 13.9. The largest absolute Gasteiger partial charge is 0.478 e. The van der Waals surface area contributed by atoms with Crippen molar-refractivity contribution in [2.75, 3.05) is 0 Å². The quantitative estimate of drug-likeness (QED) is 0.424. The lowest BCUT2D eigenvalue weighted by Gasteiger charge is -2.07. The molecule has 0 fully saturated rings. The van der Waals surface area contributed by atoms with Crippen molar-refractivity contribution in [3.05, 3.63) is 113 Å². The summed E-state index contributed by atoms with van der Waals surface area (Å²) in [6, 6.07) is 17.9. The molecule has 0 unspecified atom stereocenters. The van der Waals surface area contributed by atoms with E-state index < -0.39 is 5.97 Å². The Kier molecular flexibility index (Phi) is 5.99. The van der Waals surface area contributed by atoms with Crippen molar-refractivity contribution in [2.45, 2.75) is 13.3 Å². The number of hydrogen-bond donors (Lipinski definition) is 1. The summed E-state index contributed by atoms with van der Waals surface area (Å²) in [6.45, 7) is 1.96. The summed E-state index contributed by atoms with van der Waals surface area (Å²) in [4.78, 5) is 10.8. The monoisotopic (exact) mass is 430 g/mol. The van der Waals surface area contributed by atoms with Gasteiger partial charge in [0.05, 0.1) is 0 Å². The van der Waals surface area contributed by atoms with E-state index in [0.717, 1.165) is 39.5 Å². The van der Waals surface area contributed by atoms with Crippen molar-refractivity contribution in [1.29, 1.82) is 0 Å². The highest BCUT2D eigenvalue weighted by molar-refractivity contribution is 6.05. The predicted molar refractivity (Wildman–Crippen MR) is 121 cm³/mol. The summed E-state index contributed by atoms with van der Waals surface area (Å²) in [6.07, 6.45) is 5.08. The van der Waals surface area contributed by atoms with E-state index in [1.54, 1.807) is 24.3 Å². The van der Waals surface area contributed by atoms with Crippen molar-refractivity contribution in [3.8, 4) is 11.5 Å². The number of allylic oxidation sites excluding steroid dienone is 4. The second-order valence-corrected chi connectivity index (χ2v) is 7.42. The van der Waals surface area contributed by atoms with Crippen LogP contribution in [0.15, 0.2) is 84.5 Å². The summed E-state index contributed by atoms with van der Waals surface area (Å²) < 4.78 is 32.7. The van der Waals surface area contributed by atoms with E-state index in [1.807, 2.05) is 37.3 Å². The van der Waals surface area contributed by atoms with Crippen molar-refractivity contribution >= 4 is 23.2 Å². The topological polar surface area (TPSA) is 46.5 Å². The van der Waals surface area contributed by atoms with Crippen LogP contribution in [0.25, 0.3) is 17.2 Å². The first-order chi connectivity index (χ1) is 15.4. The minimum Gasteiger partial charge on any atom is -0.478 e. The maximum Gasteiger partial charge on any atom is 0.327 e. The molecule has 32 heavy (non-hydrogen) atoms. The number of halogens is 2. The standard InChI is InChI=1S/C27H20F2O3/c1-17-23(3-2-4-27(30)31)26-16-20(29)9-14-24(26)25(17)15-18-5-10-21(11-6-18)32-22-12-7-19(28)8-13-22/h2,4-16H,3H2,1H3,(H,30,31)/b4-2+,25-15-. The fourth-order valence-corrected chi connectivity index (χ4v) is 3.73. The molecule has 0 aromatic heterocycles. The fourth-order valence-electron chi connectivity index (χ4n) is 3.73. The van der Waals surface area contributed by atoms with E-state index in [1.165, 1.54) is 24.3 Å². The van der Waals surface area contributed by atoms with E-state index >= 15 is 0 Å². The molecule has 1 aliphatic rings. The first kappa shape index (κ1) is 21.2. The van der Waals surface area contributed by atoms with Crippen LogP contribution in [0.2, 0.25) is 0 Å². The Balaban J connectivity index is 1.63. The molecule has 0 atom stereocenters. The maximum atomic E-state index is 13.9. The molecule has 3 aromatic carbocycles. The lowest BCUT2D eigenvalue weighted by atomic mass is 10.0. The molecular weight excluding hydrogens is 410 g/mol. The molecule has 3 aromatic rings. The highest BCUT2D eigenvalue weighted by Gasteiger charge is 2.23. The number of carboxylic acids is 1. The molecule has 4 rings (SSSR count). The molecular formula is C27H20F2O3. The molecule has 0 bridgehead atoms. The van der Waals surface area contributed by atoms with Crippen LogP contribution in [0.5, 0.6) is 11.5 Å². The number of ether oxygens (including phenoxy) is 1. The van der Waals surface area contributed by atoms with Crippen LogP contribution in [-0.2, 0) is 4.79 Å². The zero-order valence-corrected chi connectivity index (χ0v) is 17.3. The number of fused-ring (bicyclic) bond motifs is 1. The Morgan fingerprint density at radius 1 is 0.906 bits per heavy atom. The number of carboxylic acid groups (broad SMARTS) is 1. The number of hydrogen-bond acceptors (Lipinski definition) is 2. The van der Waals surface area contributed by atoms with Gasteiger partial charge in [0.1, 0.15) is 23.1 Å². The van der Waals surface area contributed by atoms with Crippen LogP contribution >= 0.6 is 0 Å². The van der Waals surface area contributed by atoms with E-state index in [4.69, 9.17) is 9.84 Å². The Bertz CT molecular complexity index is 1250. The van der Waals surface area contributed by atoms with Crippen molar-refractivity contribution in [3.63, 3.8) is 0 Å². The minimum absolute atomic E-state index is 0.322. The fraction of sp³-hybridized carbons (Fsp3) is 0.0741. The molecule has 1 N–H and O–H groups in total. The number of carbonyl (C=O) groups is 1. The third kappa shape index (κ3) is 4.67. The van der Waals surface area contributed by atoms with Gasteiger partial charge in [-0.1, -0.05) is 24.3 Å². The average molecular weight is 430 g/mol. The van der Waals surface area contributed by atoms with Gasteiger partial charge in [-0.3, -0.25) is 0 Å². The zero-order valence-electron chi connectivity index (χ0n) is 17.3. The first-order valence-corrected chi connectivity index (χ1v) is 10.1. The van der Waals surface area contributed by atoms with Gasteiger partial charge in [-0.15, -0.1) is 0 Å². The molecule has 0 amide bonds. The molecule has 0 saturated carbocycles. The molecule has 160 valence electrons. The van der Waals surface area contributed by atoms with E-state index in [2.05, 4.69) is 0 Å². The number of benzene rings is 3. The average Bonchev–Trinajstić information content (AvgIpc) is 3.01. The lowest BCUT2D eigenvalue weighted by molar-refractivity contribution is -0.131. The lowest BCUT2D eigenvalue weighted by Crippen LogP contribution is -1.88. The summed E-state index contributed by atoms with van der Waals surface area (Å²) in [5, 5.41) is 8.87. The highest BCUT2D eigenvalue weighted by atomic mass is 19.1. The molecule has 0 heterocycles. The van der Waals surface area contributed by atoms with Gasteiger partial charge in [-0.2, -0.15) is 0 Å². The Hall–Kier alpha value is -3.99. The van der Waals surface area contributed by atoms with Gasteiger partial charge in [-0.05, 0) is 101 Å². The van der Waals surface area contributed by atoms with Gasteiger partial charge in [-0.25, -0.2) is 13.6 Å². The third-order valence-electron chi connectivity index (χ3n) is 5.28. The van der Waals surface area contributed by atoms with Crippen molar-refractivity contribution in [1.82, 2.24) is 0 Å². The highest BCUT2D eigenvalue weighted by Crippen LogP contribution is 2.44. The predicted octanol–water partition coefficient (Wildman–Crippen LogP) is 7.12. The SMILES string of the molecule is CC1=C(C/C=C/C(=O)O)c2cc(F)ccc2/C1=C\c1ccc(Oc2ccc(F)cc2)cc1. The van der Waals surface area contributed by atoms with Gasteiger partial charge >= 0.3 is 5.97 Å². The number of rotatable bonds is 6. The van der Waals surface area contributed by atoms with Crippen molar-refractivity contribution < 1.29 is 23.4 Å². The van der Waals surface area contributed by atoms with Gasteiger partial charge in [0.25, 0.3) is 0 Å². The van der Waals surface area contributed by atoms with Crippen LogP contribution < -0.4 is 4.74 Å². The van der Waals surface area contributed by atoms with Gasteiger partial charge < -0.3 is 9.84 Å². The molecule has 0 radical (unpaired) electrons. The third-order valence-corrected chi connectivity index (χ3v) is 5.28. The summed E-state index contributed by atoms with van der Waals surface area (Å²) in [5.74, 6) is -0.502. The molecule has 5 heteroatoms. The number of aliphatic carboxylic acids is 1. The van der Waals surface area contributed by atoms with Crippen LogP contribution in [0.4, 0.5) is 8.78 Å². The minimum atomic E-state index is -1.01. The zero-order chi connectivity index (χ0) is 22.7. The van der Waals surface area contributed by atoms with Crippen LogP contribution in [0.3, 0.4) is 0 Å². The van der Waals surface area contributed by atoms with Gasteiger partial charge in [0.2, 0.25) is 0 Å². The van der Waals surface area contributed by atoms with Gasteiger partial charge in [0, 0.05) is 6.08 Å². The van der Waals surface area contributed by atoms with E-state index in [9.17, 15) is 13.6 Å². The van der Waals surface area contributed by atoms with Gasteiger partial charge in [0.15, 0.2) is 0 Å². The summed E-state index contributed by atoms with van der Waals surface area (Å²) in [5.41, 5.74) is 5.47. The molecule has 3 nitrogen and oxygen atoms in total. The second kappa shape index (κ2) is 9.02. The van der Waals surface area contributed by atoms with Crippen LogP contribution in [-0.4, -0.2) is 11.1 Å². The Labute approximate surface area is 184 Å². The molecule has 1 aliphatic carbocycles.